The first kappa shape index (κ1) is 13.0. The van der Waals surface area contributed by atoms with Gasteiger partial charge in [0, 0.05) is 25.5 Å². The number of Topliss-reactive ketones (excluding diaryl/α,β-unsaturated/α-hetero) is 1. The molecule has 0 bridgehead atoms. The summed E-state index contributed by atoms with van der Waals surface area (Å²) in [5, 5.41) is 0. The number of nitrogens with zero attached hydrogens (tertiary/aromatic N) is 2. The Morgan fingerprint density at radius 2 is 2.00 bits per heavy atom. The van der Waals surface area contributed by atoms with Gasteiger partial charge in [0.1, 0.15) is 0 Å². The third-order valence-corrected chi connectivity index (χ3v) is 4.02. The molecule has 1 aliphatic heterocycles. The van der Waals surface area contributed by atoms with E-state index < -0.39 is 0 Å². The molecule has 0 saturated heterocycles. The Morgan fingerprint density at radius 1 is 1.15 bits per heavy atom. The van der Waals surface area contributed by atoms with Crippen molar-refractivity contribution < 1.29 is 4.79 Å². The van der Waals surface area contributed by atoms with Crippen molar-refractivity contribution in [3.05, 3.63) is 53.9 Å². The quantitative estimate of drug-likeness (QED) is 0.799. The molecule has 0 unspecified atom stereocenters. The summed E-state index contributed by atoms with van der Waals surface area (Å²) in [5.41, 5.74) is 3.38. The summed E-state index contributed by atoms with van der Waals surface area (Å²) in [6.07, 6.45) is 5.38. The predicted octanol–water partition coefficient (Wildman–Crippen LogP) is 3.05. The van der Waals surface area contributed by atoms with E-state index in [1.54, 1.807) is 0 Å². The van der Waals surface area contributed by atoms with Crippen LogP contribution in [0.25, 0.3) is 0 Å². The molecule has 0 fully saturated rings. The Morgan fingerprint density at radius 3 is 2.80 bits per heavy atom. The molecule has 0 saturated carbocycles. The second-order valence-electron chi connectivity index (χ2n) is 5.43. The maximum Gasteiger partial charge on any atom is 0.198 e. The number of carbonyl (C=O) groups excluding carboxylic acids is 1. The van der Waals surface area contributed by atoms with Crippen LogP contribution < -0.4 is 4.90 Å². The Kier molecular flexibility index (Phi) is 3.59. The Hall–Kier alpha value is -2.03. The van der Waals surface area contributed by atoms with Crippen LogP contribution in [0.3, 0.4) is 0 Å². The fourth-order valence-corrected chi connectivity index (χ4v) is 2.94. The molecule has 20 heavy (non-hydrogen) atoms. The molecule has 2 aromatic rings. The van der Waals surface area contributed by atoms with E-state index in [2.05, 4.69) is 29.2 Å². The lowest BCUT2D eigenvalue weighted by molar-refractivity contribution is 0.0991. The summed E-state index contributed by atoms with van der Waals surface area (Å²) in [5.74, 6) is 0.189. The highest BCUT2D eigenvalue weighted by molar-refractivity contribution is 5.98. The van der Waals surface area contributed by atoms with Crippen LogP contribution in [-0.4, -0.2) is 23.4 Å². The number of aryl methyl sites for hydroxylation is 2. The lowest BCUT2D eigenvalue weighted by Crippen LogP contribution is -2.31. The van der Waals surface area contributed by atoms with E-state index in [0.29, 0.717) is 6.54 Å². The molecule has 3 heteroatoms. The number of rotatable bonds is 3. The molecule has 104 valence electrons. The Labute approximate surface area is 119 Å². The lowest BCUT2D eigenvalue weighted by atomic mass is 10.1. The topological polar surface area (TPSA) is 25.2 Å². The Balaban J connectivity index is 1.84. The van der Waals surface area contributed by atoms with Gasteiger partial charge in [0.15, 0.2) is 5.78 Å². The molecule has 1 aromatic carbocycles. The van der Waals surface area contributed by atoms with Gasteiger partial charge in [-0.05, 0) is 43.0 Å². The van der Waals surface area contributed by atoms with Crippen molar-refractivity contribution >= 4 is 11.5 Å². The number of para-hydroxylation sites is 1. The van der Waals surface area contributed by atoms with Crippen LogP contribution >= 0.6 is 0 Å². The highest BCUT2D eigenvalue weighted by Gasteiger charge is 2.19. The first-order chi connectivity index (χ1) is 9.75. The number of hydrogen-bond acceptors (Lipinski definition) is 2. The van der Waals surface area contributed by atoms with Gasteiger partial charge in [-0.3, -0.25) is 4.79 Å². The Bertz CT molecular complexity index is 615. The summed E-state index contributed by atoms with van der Waals surface area (Å²) >= 11 is 0. The molecule has 1 aromatic heterocycles. The van der Waals surface area contributed by atoms with Crippen molar-refractivity contribution in [1.82, 2.24) is 4.57 Å². The summed E-state index contributed by atoms with van der Waals surface area (Å²) in [6.45, 7) is 1.43. The smallest absolute Gasteiger partial charge is 0.198 e. The second-order valence-corrected chi connectivity index (χ2v) is 5.43. The molecule has 0 amide bonds. The molecule has 0 radical (unpaired) electrons. The van der Waals surface area contributed by atoms with E-state index in [4.69, 9.17) is 0 Å². The number of fused-ring (bicyclic) bond motifs is 1. The minimum Gasteiger partial charge on any atom is -0.364 e. The standard InChI is InChI=1S/C17H20N2O/c1-18-11-6-10-16(18)17(20)13-19-12-5-4-8-14-7-2-3-9-15(14)19/h2-3,6-7,9-11H,4-5,8,12-13H2,1H3. The van der Waals surface area contributed by atoms with Gasteiger partial charge < -0.3 is 9.47 Å². The van der Waals surface area contributed by atoms with Crippen LogP contribution in [0.5, 0.6) is 0 Å². The van der Waals surface area contributed by atoms with Crippen LogP contribution in [0.1, 0.15) is 28.9 Å². The number of benzene rings is 1. The maximum atomic E-state index is 12.5. The van der Waals surface area contributed by atoms with Crippen LogP contribution in [0.4, 0.5) is 5.69 Å². The van der Waals surface area contributed by atoms with E-state index in [1.807, 2.05) is 29.9 Å². The van der Waals surface area contributed by atoms with Gasteiger partial charge in [-0.15, -0.1) is 0 Å². The highest BCUT2D eigenvalue weighted by atomic mass is 16.1. The summed E-state index contributed by atoms with van der Waals surface area (Å²) < 4.78 is 1.89. The van der Waals surface area contributed by atoms with Crippen LogP contribution in [0.2, 0.25) is 0 Å². The number of ketones is 1. The molecule has 2 heterocycles. The summed E-state index contributed by atoms with van der Waals surface area (Å²) in [7, 11) is 1.92. The zero-order chi connectivity index (χ0) is 13.9. The van der Waals surface area contributed by atoms with E-state index >= 15 is 0 Å². The van der Waals surface area contributed by atoms with Crippen molar-refractivity contribution in [2.24, 2.45) is 7.05 Å². The SMILES string of the molecule is Cn1cccc1C(=O)CN1CCCCc2ccccc21. The first-order valence-electron chi connectivity index (χ1n) is 7.23. The molecule has 0 spiro atoms. The summed E-state index contributed by atoms with van der Waals surface area (Å²) in [6, 6.07) is 12.3. The molecule has 3 rings (SSSR count). The van der Waals surface area contributed by atoms with Gasteiger partial charge >= 0.3 is 0 Å². The molecular weight excluding hydrogens is 248 g/mol. The fraction of sp³-hybridized carbons (Fsp3) is 0.353. The van der Waals surface area contributed by atoms with Gasteiger partial charge in [0.05, 0.1) is 12.2 Å². The molecule has 0 atom stereocenters. The first-order valence-corrected chi connectivity index (χ1v) is 7.23. The lowest BCUT2D eigenvalue weighted by Gasteiger charge is -2.24. The van der Waals surface area contributed by atoms with Gasteiger partial charge in [-0.1, -0.05) is 18.2 Å². The van der Waals surface area contributed by atoms with Crippen molar-refractivity contribution in [3.8, 4) is 0 Å². The summed E-state index contributed by atoms with van der Waals surface area (Å²) in [4.78, 5) is 14.7. The van der Waals surface area contributed by atoms with Crippen molar-refractivity contribution in [3.63, 3.8) is 0 Å². The predicted molar refractivity (Wildman–Crippen MR) is 81.3 cm³/mol. The number of hydrogen-bond donors (Lipinski definition) is 0. The van der Waals surface area contributed by atoms with Crippen molar-refractivity contribution in [2.45, 2.75) is 19.3 Å². The van der Waals surface area contributed by atoms with Gasteiger partial charge in [-0.25, -0.2) is 0 Å². The minimum absolute atomic E-state index is 0.189. The van der Waals surface area contributed by atoms with Crippen LogP contribution in [0, 0.1) is 0 Å². The zero-order valence-electron chi connectivity index (χ0n) is 11.9. The van der Waals surface area contributed by atoms with E-state index in [-0.39, 0.29) is 5.78 Å². The van der Waals surface area contributed by atoms with E-state index in [9.17, 15) is 4.79 Å². The maximum absolute atomic E-state index is 12.5. The van der Waals surface area contributed by atoms with Crippen LogP contribution in [0.15, 0.2) is 42.6 Å². The number of aromatic nitrogens is 1. The third kappa shape index (κ3) is 2.48. The number of carbonyl (C=O) groups is 1. The normalized spacial score (nSPS) is 14.8. The van der Waals surface area contributed by atoms with Crippen molar-refractivity contribution in [2.75, 3.05) is 18.0 Å². The monoisotopic (exact) mass is 268 g/mol. The average molecular weight is 268 g/mol. The minimum atomic E-state index is 0.189. The fourth-order valence-electron chi connectivity index (χ4n) is 2.94. The molecular formula is C17H20N2O. The van der Waals surface area contributed by atoms with E-state index in [0.717, 1.165) is 25.1 Å². The van der Waals surface area contributed by atoms with Gasteiger partial charge in [0.2, 0.25) is 0 Å². The van der Waals surface area contributed by atoms with Crippen LogP contribution in [-0.2, 0) is 13.5 Å². The largest absolute Gasteiger partial charge is 0.364 e. The second kappa shape index (κ2) is 5.53. The van der Waals surface area contributed by atoms with E-state index in [1.165, 1.54) is 17.7 Å². The zero-order valence-corrected chi connectivity index (χ0v) is 11.9. The van der Waals surface area contributed by atoms with Gasteiger partial charge in [0.25, 0.3) is 0 Å². The third-order valence-electron chi connectivity index (χ3n) is 4.02. The van der Waals surface area contributed by atoms with Gasteiger partial charge in [-0.2, -0.15) is 0 Å². The number of anilines is 1. The highest BCUT2D eigenvalue weighted by Crippen LogP contribution is 2.26. The molecule has 3 nitrogen and oxygen atoms in total. The molecule has 1 aliphatic rings. The average Bonchev–Trinajstić information content (AvgIpc) is 2.78. The molecule has 0 aliphatic carbocycles. The van der Waals surface area contributed by atoms with Crippen molar-refractivity contribution in [1.29, 1.82) is 0 Å². The molecule has 0 N–H and O–H groups in total.